The molecule has 606 valence electrons. The Morgan fingerprint density at radius 1 is 0.278 bits per heavy atom. The normalized spacial score (nSPS) is 13.6. The molecular weight excluding hydrogens is 1470 g/mol. The van der Waals surface area contributed by atoms with E-state index in [-0.39, 0.29) is 133 Å². The lowest BCUT2D eigenvalue weighted by atomic mass is 10.0. The molecule has 0 bridgehead atoms. The molecule has 33 N–H and O–H groups in total. The van der Waals surface area contributed by atoms with E-state index >= 15 is 24.0 Å². The summed E-state index contributed by atoms with van der Waals surface area (Å²) in [5.74, 6) is -9.01. The number of carbonyl (C=O) groups excluding carboxylic acids is 9. The maximum Gasteiger partial charge on any atom is 0.243 e. The first-order valence-corrected chi connectivity index (χ1v) is 37.9. The van der Waals surface area contributed by atoms with Gasteiger partial charge in [0.25, 0.3) is 0 Å². The van der Waals surface area contributed by atoms with Crippen molar-refractivity contribution >= 4 is 132 Å². The van der Waals surface area contributed by atoms with Gasteiger partial charge in [0.1, 0.15) is 48.3 Å². The Hall–Kier alpha value is -13.9. The molecule has 5 heterocycles. The largest absolute Gasteiger partial charge is 0.370 e. The quantitative estimate of drug-likeness (QED) is 0.0139. The number of H-pyrrole nitrogens is 5. The Balaban J connectivity index is 0.945. The molecule has 0 spiro atoms. The predicted molar refractivity (Wildman–Crippen MR) is 439 cm³/mol. The molecule has 0 saturated heterocycles. The maximum absolute atomic E-state index is 15.6. The van der Waals surface area contributed by atoms with Gasteiger partial charge in [0.15, 0.2) is 23.8 Å². The molecule has 0 aliphatic heterocycles. The van der Waals surface area contributed by atoms with Crippen molar-refractivity contribution in [3.8, 4) is 0 Å². The Morgan fingerprint density at radius 2 is 0.478 bits per heavy atom. The maximum atomic E-state index is 15.6. The minimum absolute atomic E-state index is 0.0224. The van der Waals surface area contributed by atoms with Crippen molar-refractivity contribution in [1.82, 2.24) is 88.7 Å². The summed E-state index contributed by atoms with van der Waals surface area (Å²) in [6, 6.07) is 23.8. The summed E-state index contributed by atoms with van der Waals surface area (Å²) in [6.45, 7) is 0.297. The lowest BCUT2D eigenvalue weighted by Crippen LogP contribution is -2.61. The average molecular weight is 1570 g/mol. The number of aromatic nitrogens is 5. The van der Waals surface area contributed by atoms with Gasteiger partial charge >= 0.3 is 0 Å². The molecule has 0 unspecified atom stereocenters. The van der Waals surface area contributed by atoms with Gasteiger partial charge in [-0.15, -0.1) is 0 Å². The lowest BCUT2D eigenvalue weighted by molar-refractivity contribution is -0.136. The van der Waals surface area contributed by atoms with Gasteiger partial charge in [-0.3, -0.25) is 64.8 Å². The fourth-order valence-corrected chi connectivity index (χ4v) is 13.9. The summed E-state index contributed by atoms with van der Waals surface area (Å²) < 4.78 is 0. The van der Waals surface area contributed by atoms with Crippen molar-refractivity contribution < 1.29 is 43.2 Å². The van der Waals surface area contributed by atoms with Crippen LogP contribution in [0.5, 0.6) is 0 Å². The Kier molecular flexibility index (Phi) is 29.3. The fraction of sp³-hybridized carbons (Fsp3) is 0.329. The number of fused-ring (bicyclic) bond motifs is 5. The minimum Gasteiger partial charge on any atom is -0.370 e. The summed E-state index contributed by atoms with van der Waals surface area (Å²) in [5.41, 5.74) is 42.0. The van der Waals surface area contributed by atoms with Gasteiger partial charge in [-0.05, 0) is 116 Å². The molecule has 9 atom stereocenters. The zero-order valence-electron chi connectivity index (χ0n) is 63.3. The van der Waals surface area contributed by atoms with Crippen LogP contribution in [0.3, 0.4) is 0 Å². The van der Waals surface area contributed by atoms with E-state index in [1.54, 1.807) is 61.3 Å². The van der Waals surface area contributed by atoms with Crippen LogP contribution in [0, 0.1) is 21.6 Å². The van der Waals surface area contributed by atoms with Crippen LogP contribution in [0.15, 0.2) is 152 Å². The van der Waals surface area contributed by atoms with Gasteiger partial charge in [-0.1, -0.05) is 91.0 Å². The highest BCUT2D eigenvalue weighted by Gasteiger charge is 2.37. The fourth-order valence-electron chi connectivity index (χ4n) is 13.9. The summed E-state index contributed by atoms with van der Waals surface area (Å²) in [6.07, 6.45) is 8.03. The van der Waals surface area contributed by atoms with Crippen LogP contribution in [-0.4, -0.2) is 182 Å². The van der Waals surface area contributed by atoms with Gasteiger partial charge < -0.3 is 123 Å². The number of carbonyl (C=O) groups is 9. The molecule has 36 heteroatoms. The van der Waals surface area contributed by atoms with Crippen molar-refractivity contribution in [2.45, 2.75) is 138 Å². The summed E-state index contributed by atoms with van der Waals surface area (Å²) in [5, 5.41) is 68.4. The number of benzene rings is 5. The van der Waals surface area contributed by atoms with Crippen LogP contribution >= 0.6 is 0 Å². The molecule has 0 saturated carbocycles. The number of guanidine groups is 4. The third kappa shape index (κ3) is 23.6. The molecular formula is C79H101N27O9. The standard InChI is InChI=1S/C79H101N27O9/c80-53(33-43-38-94-54-20-6-1-15-48(43)54)68(108)99-59(25-11-29-90-76(82)83)70(110)104-64(35-45-40-96-56-22-8-3-17-50(45)56)74(114)101-61(27-13-31-92-78(86)87)72(112)106-66(37-47-42-98-58-24-10-5-19-52(47)58)75(115)102-62(28-14-32-93-79(88)89)71(111)105-65(36-46-41-97-57-23-9-4-18-51(46)57)73(113)100-60(26-12-30-91-77(84)85)69(109)103-63(67(81)107)34-44-39-95-55-21-7-2-16-49(44)55/h1-10,15-24,38-42,53,59-66,94-98H,11-14,25-37,80H2,(H2,81,107)(H,99,108)(H,100,113)(H,101,114)(H,102,115)(H,103,109)(H,104,110)(H,105,111)(H,106,112)(H4,82,83,90)(H4,84,85,91)(H4,86,87,92)(H4,88,89,93)/t53-,59-,60-,61-,62-,63-,64-,65-,66-/m0/s1. The number of aromatic amines is 5. The molecule has 0 aliphatic carbocycles. The topological polar surface area (TPSA) is 628 Å². The monoisotopic (exact) mass is 1570 g/mol. The highest BCUT2D eigenvalue weighted by Crippen LogP contribution is 2.25. The van der Waals surface area contributed by atoms with E-state index in [1.165, 1.54) is 0 Å². The van der Waals surface area contributed by atoms with Crippen LogP contribution in [-0.2, 0) is 75.3 Å². The Labute approximate surface area is 660 Å². The van der Waals surface area contributed by atoms with Crippen molar-refractivity contribution in [1.29, 1.82) is 21.6 Å². The molecule has 0 fully saturated rings. The summed E-state index contributed by atoms with van der Waals surface area (Å²) in [4.78, 5) is 150. The smallest absolute Gasteiger partial charge is 0.243 e. The zero-order chi connectivity index (χ0) is 82.1. The molecule has 5 aromatic heterocycles. The second-order valence-corrected chi connectivity index (χ2v) is 28.2. The predicted octanol–water partition coefficient (Wildman–Crippen LogP) is 0.350. The summed E-state index contributed by atoms with van der Waals surface area (Å²) >= 11 is 0. The van der Waals surface area contributed by atoms with E-state index in [4.69, 9.17) is 56.0 Å². The van der Waals surface area contributed by atoms with E-state index in [9.17, 15) is 19.2 Å². The molecule has 0 radical (unpaired) electrons. The van der Waals surface area contributed by atoms with Gasteiger partial charge in [0.05, 0.1) is 6.04 Å². The first kappa shape index (κ1) is 83.5. The van der Waals surface area contributed by atoms with Crippen LogP contribution < -0.4 is 98.2 Å². The van der Waals surface area contributed by atoms with Gasteiger partial charge in [0.2, 0.25) is 53.2 Å². The number of hydrogen-bond donors (Lipinski definition) is 27. The number of primary amides is 1. The van der Waals surface area contributed by atoms with Gasteiger partial charge in [-0.2, -0.15) is 0 Å². The Bertz CT molecular complexity index is 5140. The first-order valence-electron chi connectivity index (χ1n) is 37.9. The van der Waals surface area contributed by atoms with Crippen LogP contribution in [0.25, 0.3) is 54.5 Å². The second-order valence-electron chi connectivity index (χ2n) is 28.2. The van der Waals surface area contributed by atoms with Crippen molar-refractivity contribution in [2.75, 3.05) is 26.2 Å². The minimum atomic E-state index is -1.57. The molecule has 115 heavy (non-hydrogen) atoms. The number of rotatable bonds is 43. The number of amides is 9. The third-order valence-electron chi connectivity index (χ3n) is 19.9. The third-order valence-corrected chi connectivity index (χ3v) is 19.9. The van der Waals surface area contributed by atoms with Crippen molar-refractivity contribution in [2.24, 2.45) is 34.4 Å². The van der Waals surface area contributed by atoms with E-state index in [1.807, 2.05) is 91.0 Å². The average Bonchev–Trinajstić information content (AvgIpc) is 1.75. The van der Waals surface area contributed by atoms with Crippen molar-refractivity contribution in [3.05, 3.63) is 180 Å². The van der Waals surface area contributed by atoms with Crippen LogP contribution in [0.2, 0.25) is 0 Å². The second kappa shape index (κ2) is 40.3. The van der Waals surface area contributed by atoms with Crippen molar-refractivity contribution in [3.63, 3.8) is 0 Å². The SMILES string of the molecule is N=C(N)NCCC[C@H](NC(=O)[C@H](Cc1c[nH]c2ccccc12)NC(=O)[C@H](CCCNC(=N)N)NC(=O)[C@H](Cc1c[nH]c2ccccc12)NC(=O)[C@H](CCCNC(=N)N)NC(=O)[C@H](Cc1c[nH]c2ccccc12)NC(=O)[C@H](CCCNC(=N)N)NC(=O)[C@@H](N)Cc1c[nH]c2ccccc12)C(=O)N[C@@H](Cc1c[nH]c2ccccc12)C(N)=O. The number of nitrogens with two attached hydrogens (primary N) is 6. The molecule has 10 aromatic rings. The molecule has 5 aromatic carbocycles. The van der Waals surface area contributed by atoms with E-state index in [2.05, 4.69) is 88.7 Å². The van der Waals surface area contributed by atoms with E-state index < -0.39 is 108 Å². The molecule has 9 amide bonds. The highest BCUT2D eigenvalue weighted by molar-refractivity contribution is 6.00. The molecule has 10 rings (SSSR count). The Morgan fingerprint density at radius 3 is 0.722 bits per heavy atom. The highest BCUT2D eigenvalue weighted by atomic mass is 16.2. The van der Waals surface area contributed by atoms with Crippen LogP contribution in [0.1, 0.15) is 79.2 Å². The van der Waals surface area contributed by atoms with Gasteiger partial charge in [0, 0.05) is 137 Å². The van der Waals surface area contributed by atoms with Crippen LogP contribution in [0.4, 0.5) is 0 Å². The molecule has 0 aliphatic rings. The molecule has 36 nitrogen and oxygen atoms in total. The number of nitrogens with one attached hydrogen (secondary N) is 21. The lowest BCUT2D eigenvalue weighted by Gasteiger charge is -2.28. The van der Waals surface area contributed by atoms with Gasteiger partial charge in [-0.25, -0.2) is 0 Å². The zero-order valence-corrected chi connectivity index (χ0v) is 63.3. The number of hydrogen-bond acceptors (Lipinski definition) is 14. The van der Waals surface area contributed by atoms with E-state index in [0.29, 0.717) is 55.0 Å². The van der Waals surface area contributed by atoms with E-state index in [0.717, 1.165) is 27.4 Å². The summed E-state index contributed by atoms with van der Waals surface area (Å²) in [7, 11) is 0. The first-order chi connectivity index (χ1) is 55.3. The number of para-hydroxylation sites is 5.